The van der Waals surface area contributed by atoms with Crippen molar-refractivity contribution in [1.82, 2.24) is 9.78 Å². The van der Waals surface area contributed by atoms with Crippen molar-refractivity contribution >= 4 is 11.5 Å². The Balaban J connectivity index is 2.65. The summed E-state index contributed by atoms with van der Waals surface area (Å²) in [6.45, 7) is 13.1. The van der Waals surface area contributed by atoms with Gasteiger partial charge < -0.3 is 5.73 Å². The summed E-state index contributed by atoms with van der Waals surface area (Å²) in [5, 5.41) is 4.41. The van der Waals surface area contributed by atoms with E-state index in [1.807, 2.05) is 20.8 Å². The minimum absolute atomic E-state index is 0.307. The fraction of sp³-hybridized carbons (Fsp3) is 0.286. The molecule has 0 atom stereocenters. The summed E-state index contributed by atoms with van der Waals surface area (Å²) < 4.78 is 14.6. The van der Waals surface area contributed by atoms with Crippen molar-refractivity contribution in [2.75, 3.05) is 5.73 Å². The number of halogens is 1. The molecule has 1 aromatic heterocycles. The SMILES string of the molecule is [C-]#[N+]c1c(-c2ccc(F)cc2)nn(C(C)(C)C)c1N. The number of anilines is 1. The van der Waals surface area contributed by atoms with E-state index in [1.165, 1.54) is 12.1 Å². The van der Waals surface area contributed by atoms with Gasteiger partial charge in [-0.25, -0.2) is 9.24 Å². The van der Waals surface area contributed by atoms with Crippen LogP contribution in [0.25, 0.3) is 16.1 Å². The topological polar surface area (TPSA) is 48.2 Å². The van der Waals surface area contributed by atoms with Gasteiger partial charge in [0.15, 0.2) is 0 Å². The number of nitrogens with two attached hydrogens (primary N) is 1. The summed E-state index contributed by atoms with van der Waals surface area (Å²) in [5.74, 6) is 0.0122. The lowest BCUT2D eigenvalue weighted by Crippen LogP contribution is -2.24. The van der Waals surface area contributed by atoms with Crippen LogP contribution in [-0.4, -0.2) is 9.78 Å². The molecule has 0 radical (unpaired) electrons. The molecule has 0 aliphatic carbocycles. The van der Waals surface area contributed by atoms with E-state index < -0.39 is 0 Å². The quantitative estimate of drug-likeness (QED) is 0.795. The van der Waals surface area contributed by atoms with Crippen LogP contribution in [0.1, 0.15) is 20.8 Å². The van der Waals surface area contributed by atoms with E-state index >= 15 is 0 Å². The van der Waals surface area contributed by atoms with Crippen LogP contribution < -0.4 is 5.73 Å². The molecule has 0 fully saturated rings. The van der Waals surface area contributed by atoms with Crippen LogP contribution in [0.4, 0.5) is 15.9 Å². The van der Waals surface area contributed by atoms with Crippen molar-refractivity contribution < 1.29 is 4.39 Å². The third kappa shape index (κ3) is 2.29. The van der Waals surface area contributed by atoms with Gasteiger partial charge in [0.05, 0.1) is 12.1 Å². The van der Waals surface area contributed by atoms with Crippen molar-refractivity contribution in [3.63, 3.8) is 0 Å². The fourth-order valence-electron chi connectivity index (χ4n) is 1.85. The zero-order valence-electron chi connectivity index (χ0n) is 11.1. The second-order valence-electron chi connectivity index (χ2n) is 5.28. The Hall–Kier alpha value is -2.35. The Bertz CT molecular complexity index is 642. The number of aromatic nitrogens is 2. The molecule has 0 saturated carbocycles. The van der Waals surface area contributed by atoms with Gasteiger partial charge in [0.1, 0.15) is 17.3 Å². The Morgan fingerprint density at radius 1 is 1.26 bits per heavy atom. The Labute approximate surface area is 111 Å². The third-order valence-electron chi connectivity index (χ3n) is 2.76. The maximum absolute atomic E-state index is 12.9. The molecular formula is C14H15FN4. The summed E-state index contributed by atoms with van der Waals surface area (Å²) in [4.78, 5) is 3.45. The number of rotatable bonds is 1. The van der Waals surface area contributed by atoms with Crippen LogP contribution in [0.3, 0.4) is 0 Å². The second kappa shape index (κ2) is 4.39. The second-order valence-corrected chi connectivity index (χ2v) is 5.28. The fourth-order valence-corrected chi connectivity index (χ4v) is 1.85. The van der Waals surface area contributed by atoms with E-state index in [0.29, 0.717) is 22.8 Å². The Kier molecular flexibility index (Phi) is 3.03. The van der Waals surface area contributed by atoms with Gasteiger partial charge in [-0.1, -0.05) is 12.1 Å². The highest BCUT2D eigenvalue weighted by molar-refractivity contribution is 5.83. The predicted octanol–water partition coefficient (Wildman–Crippen LogP) is 3.58. The van der Waals surface area contributed by atoms with Crippen molar-refractivity contribution in [3.8, 4) is 11.3 Å². The highest BCUT2D eigenvalue weighted by Gasteiger charge is 2.24. The third-order valence-corrected chi connectivity index (χ3v) is 2.76. The van der Waals surface area contributed by atoms with Gasteiger partial charge >= 0.3 is 0 Å². The molecule has 2 rings (SSSR count). The molecule has 0 bridgehead atoms. The van der Waals surface area contributed by atoms with E-state index in [4.69, 9.17) is 12.3 Å². The largest absolute Gasteiger partial charge is 0.393 e. The Morgan fingerprint density at radius 2 is 1.84 bits per heavy atom. The van der Waals surface area contributed by atoms with Gasteiger partial charge in [-0.15, -0.1) is 0 Å². The van der Waals surface area contributed by atoms with Crippen molar-refractivity contribution in [2.45, 2.75) is 26.3 Å². The number of nitrogens with zero attached hydrogens (tertiary/aromatic N) is 3. The standard InChI is InChI=1S/C14H15FN4/c1-14(2,3)19-13(16)12(17-4)11(18-19)9-5-7-10(15)8-6-9/h5-8H,16H2,1-3H3. The monoisotopic (exact) mass is 258 g/mol. The molecule has 4 nitrogen and oxygen atoms in total. The van der Waals surface area contributed by atoms with Gasteiger partial charge in [-0.2, -0.15) is 5.10 Å². The van der Waals surface area contributed by atoms with Crippen LogP contribution in [0.2, 0.25) is 0 Å². The van der Waals surface area contributed by atoms with Crippen LogP contribution in [0.5, 0.6) is 0 Å². The van der Waals surface area contributed by atoms with Crippen LogP contribution >= 0.6 is 0 Å². The first-order valence-corrected chi connectivity index (χ1v) is 5.87. The number of hydrogen-bond donors (Lipinski definition) is 1. The first kappa shape index (κ1) is 13.1. The average molecular weight is 258 g/mol. The van der Waals surface area contributed by atoms with Gasteiger partial charge in [-0.05, 0) is 38.5 Å². The first-order valence-electron chi connectivity index (χ1n) is 5.87. The highest BCUT2D eigenvalue weighted by atomic mass is 19.1. The van der Waals surface area contributed by atoms with Crippen molar-refractivity contribution in [1.29, 1.82) is 0 Å². The number of benzene rings is 1. The van der Waals surface area contributed by atoms with Gasteiger partial charge in [0.2, 0.25) is 0 Å². The molecule has 1 aromatic carbocycles. The molecule has 0 amide bonds. The van der Waals surface area contributed by atoms with Crippen LogP contribution in [0.15, 0.2) is 24.3 Å². The molecule has 5 heteroatoms. The normalized spacial score (nSPS) is 11.3. The summed E-state index contributed by atoms with van der Waals surface area (Å²) in [7, 11) is 0. The van der Waals surface area contributed by atoms with E-state index in [1.54, 1.807) is 16.8 Å². The summed E-state index contributed by atoms with van der Waals surface area (Å²) >= 11 is 0. The van der Waals surface area contributed by atoms with Crippen LogP contribution in [-0.2, 0) is 5.54 Å². The van der Waals surface area contributed by atoms with Crippen LogP contribution in [0, 0.1) is 12.4 Å². The van der Waals surface area contributed by atoms with E-state index in [0.717, 1.165) is 0 Å². The molecule has 2 N–H and O–H groups in total. The molecule has 1 heterocycles. The molecule has 0 aliphatic heterocycles. The van der Waals surface area contributed by atoms with E-state index in [2.05, 4.69) is 9.94 Å². The zero-order chi connectivity index (χ0) is 14.2. The van der Waals surface area contributed by atoms with Gasteiger partial charge in [-0.3, -0.25) is 4.68 Å². The number of hydrogen-bond acceptors (Lipinski definition) is 2. The van der Waals surface area contributed by atoms with Gasteiger partial charge in [0, 0.05) is 0 Å². The van der Waals surface area contributed by atoms with Crippen molar-refractivity contribution in [3.05, 3.63) is 41.5 Å². The minimum Gasteiger partial charge on any atom is -0.393 e. The molecule has 0 saturated heterocycles. The zero-order valence-corrected chi connectivity index (χ0v) is 11.1. The Morgan fingerprint density at radius 3 is 2.32 bits per heavy atom. The summed E-state index contributed by atoms with van der Waals surface area (Å²) in [6.07, 6.45) is 0. The lowest BCUT2D eigenvalue weighted by atomic mass is 10.1. The molecule has 98 valence electrons. The molecular weight excluding hydrogens is 243 g/mol. The van der Waals surface area contributed by atoms with Gasteiger partial charge in [0.25, 0.3) is 5.69 Å². The number of nitrogen functional groups attached to an aromatic ring is 1. The lowest BCUT2D eigenvalue weighted by Gasteiger charge is -2.21. The smallest absolute Gasteiger partial charge is 0.254 e. The molecule has 0 unspecified atom stereocenters. The molecule has 0 spiro atoms. The average Bonchev–Trinajstić information content (AvgIpc) is 2.67. The summed E-state index contributed by atoms with van der Waals surface area (Å²) in [6, 6.07) is 5.88. The highest BCUT2D eigenvalue weighted by Crippen LogP contribution is 2.37. The van der Waals surface area contributed by atoms with E-state index in [-0.39, 0.29) is 11.4 Å². The predicted molar refractivity (Wildman–Crippen MR) is 73.3 cm³/mol. The molecule has 0 aliphatic rings. The lowest BCUT2D eigenvalue weighted by molar-refractivity contribution is 0.362. The van der Waals surface area contributed by atoms with E-state index in [9.17, 15) is 4.39 Å². The van der Waals surface area contributed by atoms with Crippen molar-refractivity contribution in [2.24, 2.45) is 0 Å². The summed E-state index contributed by atoms with van der Waals surface area (Å²) in [5.41, 5.74) is 7.14. The molecule has 2 aromatic rings. The minimum atomic E-state index is -0.323. The first-order chi connectivity index (χ1) is 8.84. The maximum atomic E-state index is 12.9. The maximum Gasteiger partial charge on any atom is 0.254 e. The molecule has 19 heavy (non-hydrogen) atoms.